The summed E-state index contributed by atoms with van der Waals surface area (Å²) in [5, 5.41) is 0.548. The highest BCUT2D eigenvalue weighted by Crippen LogP contribution is 2.40. The van der Waals surface area contributed by atoms with Gasteiger partial charge in [0, 0.05) is 4.88 Å². The zero-order valence-corrected chi connectivity index (χ0v) is 18.1. The van der Waals surface area contributed by atoms with E-state index in [4.69, 9.17) is 30.5 Å². The maximum atomic E-state index is 13.2. The number of hydrogen-bond acceptors (Lipinski definition) is 7. The van der Waals surface area contributed by atoms with Crippen molar-refractivity contribution >= 4 is 55.5 Å². The summed E-state index contributed by atoms with van der Waals surface area (Å²) in [4.78, 5) is 20.4. The molecule has 150 valence electrons. The van der Waals surface area contributed by atoms with Crippen LogP contribution in [0.4, 0.5) is 5.13 Å². The van der Waals surface area contributed by atoms with Crippen LogP contribution in [0.2, 0.25) is 4.34 Å². The minimum atomic E-state index is -0.100. The van der Waals surface area contributed by atoms with Crippen LogP contribution >= 0.6 is 34.3 Å². The second-order valence-corrected chi connectivity index (χ2v) is 8.86. The molecule has 0 aliphatic heterocycles. The van der Waals surface area contributed by atoms with Gasteiger partial charge in [0.15, 0.2) is 5.13 Å². The summed E-state index contributed by atoms with van der Waals surface area (Å²) >= 11 is 8.78. The number of benzene rings is 1. The van der Waals surface area contributed by atoms with E-state index in [0.29, 0.717) is 32.2 Å². The maximum Gasteiger partial charge on any atom is 0.234 e. The lowest BCUT2D eigenvalue weighted by molar-refractivity contribution is -0.118. The predicted octanol–water partition coefficient (Wildman–Crippen LogP) is 5.40. The van der Waals surface area contributed by atoms with Gasteiger partial charge in [-0.25, -0.2) is 4.98 Å². The molecule has 4 rings (SSSR count). The fourth-order valence-electron chi connectivity index (χ4n) is 2.90. The summed E-state index contributed by atoms with van der Waals surface area (Å²) < 4.78 is 17.8. The van der Waals surface area contributed by atoms with E-state index in [0.717, 1.165) is 9.58 Å². The first-order valence-electron chi connectivity index (χ1n) is 8.67. The van der Waals surface area contributed by atoms with Gasteiger partial charge in [0.25, 0.3) is 0 Å². The van der Waals surface area contributed by atoms with Gasteiger partial charge < -0.3 is 13.9 Å². The molecular formula is C20H17ClN2O4S2. The van der Waals surface area contributed by atoms with Crippen LogP contribution in [0.5, 0.6) is 11.5 Å². The van der Waals surface area contributed by atoms with Crippen LogP contribution in [-0.4, -0.2) is 25.1 Å². The second kappa shape index (κ2) is 8.44. The number of carbonyl (C=O) groups excluding carboxylic acids is 1. The van der Waals surface area contributed by atoms with E-state index < -0.39 is 0 Å². The Morgan fingerprint density at radius 3 is 2.59 bits per heavy atom. The number of halogens is 1. The van der Waals surface area contributed by atoms with Gasteiger partial charge in [-0.3, -0.25) is 9.69 Å². The molecule has 0 bridgehead atoms. The SMILES string of the molecule is COc1ccc(OC)c2sc(N(Cc3ccco3)C(=O)Cc3ccc(Cl)s3)nc12. The lowest BCUT2D eigenvalue weighted by Crippen LogP contribution is -2.31. The number of nitrogens with zero attached hydrogens (tertiary/aromatic N) is 2. The highest BCUT2D eigenvalue weighted by Gasteiger charge is 2.24. The molecule has 1 aromatic carbocycles. The van der Waals surface area contributed by atoms with Crippen molar-refractivity contribution in [2.75, 3.05) is 19.1 Å². The number of amides is 1. The first-order chi connectivity index (χ1) is 14.1. The fourth-order valence-corrected chi connectivity index (χ4v) is 5.07. The third kappa shape index (κ3) is 4.10. The van der Waals surface area contributed by atoms with Gasteiger partial charge in [0.1, 0.15) is 27.5 Å². The largest absolute Gasteiger partial charge is 0.495 e. The second-order valence-electron chi connectivity index (χ2n) is 6.09. The highest BCUT2D eigenvalue weighted by molar-refractivity contribution is 7.22. The topological polar surface area (TPSA) is 64.8 Å². The molecule has 1 amide bonds. The van der Waals surface area contributed by atoms with Crippen LogP contribution in [0, 0.1) is 0 Å². The number of fused-ring (bicyclic) bond motifs is 1. The third-order valence-electron chi connectivity index (χ3n) is 4.28. The molecule has 9 heteroatoms. The van der Waals surface area contributed by atoms with Crippen molar-refractivity contribution in [3.05, 3.63) is 57.6 Å². The predicted molar refractivity (Wildman–Crippen MR) is 116 cm³/mol. The van der Waals surface area contributed by atoms with E-state index >= 15 is 0 Å². The normalized spacial score (nSPS) is 11.0. The molecule has 3 aromatic heterocycles. The Hall–Kier alpha value is -2.55. The van der Waals surface area contributed by atoms with E-state index in [1.54, 1.807) is 43.6 Å². The van der Waals surface area contributed by atoms with Crippen LogP contribution in [0.3, 0.4) is 0 Å². The van der Waals surface area contributed by atoms with Crippen LogP contribution in [0.15, 0.2) is 47.1 Å². The van der Waals surface area contributed by atoms with Gasteiger partial charge in [-0.1, -0.05) is 22.9 Å². The van der Waals surface area contributed by atoms with E-state index in [9.17, 15) is 4.79 Å². The monoisotopic (exact) mass is 448 g/mol. The van der Waals surface area contributed by atoms with Gasteiger partial charge in [-0.05, 0) is 36.4 Å². The lowest BCUT2D eigenvalue weighted by atomic mass is 10.3. The van der Waals surface area contributed by atoms with Crippen molar-refractivity contribution in [3.63, 3.8) is 0 Å². The number of methoxy groups -OCH3 is 2. The summed E-state index contributed by atoms with van der Waals surface area (Å²) in [5.74, 6) is 1.87. The molecule has 0 N–H and O–H groups in total. The van der Waals surface area contributed by atoms with Crippen molar-refractivity contribution < 1.29 is 18.7 Å². The molecule has 0 fully saturated rings. The van der Waals surface area contributed by atoms with Crippen molar-refractivity contribution in [1.82, 2.24) is 4.98 Å². The highest BCUT2D eigenvalue weighted by atomic mass is 35.5. The maximum absolute atomic E-state index is 13.2. The molecule has 6 nitrogen and oxygen atoms in total. The van der Waals surface area contributed by atoms with Gasteiger partial charge >= 0.3 is 0 Å². The van der Waals surface area contributed by atoms with E-state index in [-0.39, 0.29) is 18.9 Å². The number of ether oxygens (including phenoxy) is 2. The quantitative estimate of drug-likeness (QED) is 0.379. The number of thiazole rings is 1. The van der Waals surface area contributed by atoms with E-state index in [2.05, 4.69) is 0 Å². The summed E-state index contributed by atoms with van der Waals surface area (Å²) in [7, 11) is 3.19. The smallest absolute Gasteiger partial charge is 0.234 e. The van der Waals surface area contributed by atoms with E-state index in [1.165, 1.54) is 22.7 Å². The van der Waals surface area contributed by atoms with Gasteiger partial charge in [-0.15, -0.1) is 11.3 Å². The zero-order valence-electron chi connectivity index (χ0n) is 15.7. The molecule has 0 saturated heterocycles. The van der Waals surface area contributed by atoms with Crippen LogP contribution in [0.25, 0.3) is 10.2 Å². The summed E-state index contributed by atoms with van der Waals surface area (Å²) in [5.41, 5.74) is 0.656. The molecule has 0 aliphatic rings. The number of aromatic nitrogens is 1. The summed E-state index contributed by atoms with van der Waals surface area (Å²) in [6, 6.07) is 10.9. The van der Waals surface area contributed by atoms with Crippen molar-refractivity contribution in [2.24, 2.45) is 0 Å². The van der Waals surface area contributed by atoms with Crippen molar-refractivity contribution in [1.29, 1.82) is 0 Å². The average Bonchev–Trinajstić information content (AvgIpc) is 3.46. The molecule has 0 spiro atoms. The number of hydrogen-bond donors (Lipinski definition) is 0. The first-order valence-corrected chi connectivity index (χ1v) is 10.7. The molecule has 3 heterocycles. The summed E-state index contributed by atoms with van der Waals surface area (Å²) in [6.07, 6.45) is 1.81. The third-order valence-corrected chi connectivity index (χ3v) is 6.60. The van der Waals surface area contributed by atoms with Crippen LogP contribution in [-0.2, 0) is 17.8 Å². The number of anilines is 1. The minimum absolute atomic E-state index is 0.100. The Bertz CT molecular complexity index is 1100. The Balaban J connectivity index is 1.74. The minimum Gasteiger partial charge on any atom is -0.495 e. The summed E-state index contributed by atoms with van der Waals surface area (Å²) in [6.45, 7) is 0.273. The molecule has 4 aromatic rings. The fraction of sp³-hybridized carbons (Fsp3) is 0.200. The number of thiophene rings is 1. The van der Waals surface area contributed by atoms with Gasteiger partial charge in [0.2, 0.25) is 5.91 Å². The molecule has 29 heavy (non-hydrogen) atoms. The Kier molecular flexibility index (Phi) is 5.75. The average molecular weight is 449 g/mol. The van der Waals surface area contributed by atoms with Crippen LogP contribution < -0.4 is 14.4 Å². The number of rotatable bonds is 7. The van der Waals surface area contributed by atoms with E-state index in [1.807, 2.05) is 18.2 Å². The van der Waals surface area contributed by atoms with Gasteiger partial charge in [0.05, 0.1) is 37.8 Å². The van der Waals surface area contributed by atoms with Crippen molar-refractivity contribution in [2.45, 2.75) is 13.0 Å². The van der Waals surface area contributed by atoms with Crippen LogP contribution in [0.1, 0.15) is 10.6 Å². The number of carbonyl (C=O) groups is 1. The zero-order chi connectivity index (χ0) is 20.4. The Morgan fingerprint density at radius 1 is 1.14 bits per heavy atom. The van der Waals surface area contributed by atoms with Crippen molar-refractivity contribution in [3.8, 4) is 11.5 Å². The lowest BCUT2D eigenvalue weighted by Gasteiger charge is -2.18. The molecular weight excluding hydrogens is 432 g/mol. The molecule has 0 radical (unpaired) electrons. The molecule has 0 aliphatic carbocycles. The number of furan rings is 1. The first kappa shape index (κ1) is 19.8. The van der Waals surface area contributed by atoms with Gasteiger partial charge in [-0.2, -0.15) is 0 Å². The molecule has 0 atom stereocenters. The standard InChI is InChI=1S/C20H17ClN2O4S2/c1-25-14-6-7-15(26-2)19-18(14)22-20(29-19)23(11-12-4-3-9-27-12)17(24)10-13-5-8-16(21)28-13/h3-9H,10-11H2,1-2H3. The Morgan fingerprint density at radius 2 is 1.93 bits per heavy atom. The molecule has 0 unspecified atom stereocenters. The Labute approximate surface area is 180 Å². The molecule has 0 saturated carbocycles.